The summed E-state index contributed by atoms with van der Waals surface area (Å²) in [6, 6.07) is 0. The number of piperidine rings is 1. The van der Waals surface area contributed by atoms with Crippen molar-refractivity contribution in [2.45, 2.75) is 52.4 Å². The topological polar surface area (TPSA) is 41.1 Å². The monoisotopic (exact) mass is 288 g/mol. The van der Waals surface area contributed by atoms with Crippen molar-refractivity contribution in [3.63, 3.8) is 0 Å². The second-order valence-electron chi connectivity index (χ2n) is 6.53. The molecule has 1 saturated heterocycles. The van der Waals surface area contributed by atoms with Gasteiger partial charge in [0.1, 0.15) is 0 Å². The average molecular weight is 289 g/mol. The lowest BCUT2D eigenvalue weighted by atomic mass is 9.91. The average Bonchev–Trinajstić information content (AvgIpc) is 3.16. The molecule has 0 radical (unpaired) electrons. The summed E-state index contributed by atoms with van der Waals surface area (Å²) in [7, 11) is 0. The largest absolute Gasteiger partial charge is 0.356 e. The van der Waals surface area contributed by atoms with Crippen molar-refractivity contribution in [3.05, 3.63) is 0 Å². The molecule has 2 aliphatic rings. The highest BCUT2D eigenvalue weighted by atomic mass is 35.5. The molecule has 0 atom stereocenters. The highest BCUT2D eigenvalue weighted by Crippen LogP contribution is 2.51. The van der Waals surface area contributed by atoms with Crippen LogP contribution in [-0.4, -0.2) is 25.5 Å². The van der Waals surface area contributed by atoms with Crippen molar-refractivity contribution in [2.24, 2.45) is 17.3 Å². The Bertz CT molecular complexity index is 284. The normalized spacial score (nSPS) is 21.8. The number of carbonyl (C=O) groups excluding carboxylic acids is 1. The second-order valence-corrected chi connectivity index (χ2v) is 6.53. The Balaban J connectivity index is 0.00000180. The van der Waals surface area contributed by atoms with Gasteiger partial charge in [-0.1, -0.05) is 13.8 Å². The van der Waals surface area contributed by atoms with Crippen molar-refractivity contribution in [3.8, 4) is 0 Å². The van der Waals surface area contributed by atoms with Crippen LogP contribution in [0.4, 0.5) is 0 Å². The minimum atomic E-state index is 0. The van der Waals surface area contributed by atoms with E-state index in [2.05, 4.69) is 24.5 Å². The number of hydrogen-bond donors (Lipinski definition) is 2. The van der Waals surface area contributed by atoms with E-state index in [4.69, 9.17) is 0 Å². The molecule has 3 nitrogen and oxygen atoms in total. The Labute approximate surface area is 123 Å². The number of amides is 1. The Kier molecular flexibility index (Phi) is 6.61. The SMILES string of the molecule is CC(C)C1(CNC(=O)CCC2CCNCC2)CC1.Cl. The third kappa shape index (κ3) is 4.96. The molecule has 112 valence electrons. The molecule has 19 heavy (non-hydrogen) atoms. The third-order valence-electron chi connectivity index (χ3n) is 4.99. The zero-order valence-corrected chi connectivity index (χ0v) is 13.2. The first-order chi connectivity index (χ1) is 8.62. The molecule has 1 saturated carbocycles. The molecular formula is C15H29ClN2O. The number of hydrogen-bond acceptors (Lipinski definition) is 2. The lowest BCUT2D eigenvalue weighted by Crippen LogP contribution is -2.33. The fourth-order valence-electron chi connectivity index (χ4n) is 2.99. The molecular weight excluding hydrogens is 260 g/mol. The molecule has 0 spiro atoms. The van der Waals surface area contributed by atoms with E-state index < -0.39 is 0 Å². The zero-order chi connectivity index (χ0) is 13.0. The van der Waals surface area contributed by atoms with E-state index in [1.54, 1.807) is 0 Å². The first kappa shape index (κ1) is 16.8. The van der Waals surface area contributed by atoms with Crippen LogP contribution in [0, 0.1) is 17.3 Å². The van der Waals surface area contributed by atoms with E-state index in [-0.39, 0.29) is 18.3 Å². The van der Waals surface area contributed by atoms with Crippen LogP contribution in [0.3, 0.4) is 0 Å². The first-order valence-corrected chi connectivity index (χ1v) is 7.60. The summed E-state index contributed by atoms with van der Waals surface area (Å²) in [6.45, 7) is 7.70. The Morgan fingerprint density at radius 1 is 1.32 bits per heavy atom. The molecule has 0 aromatic heterocycles. The highest BCUT2D eigenvalue weighted by Gasteiger charge is 2.45. The van der Waals surface area contributed by atoms with Crippen LogP contribution in [-0.2, 0) is 4.79 Å². The molecule has 0 aromatic carbocycles. The molecule has 0 aromatic rings. The van der Waals surface area contributed by atoms with E-state index >= 15 is 0 Å². The molecule has 2 N–H and O–H groups in total. The van der Waals surface area contributed by atoms with Gasteiger partial charge in [0.2, 0.25) is 5.91 Å². The lowest BCUT2D eigenvalue weighted by molar-refractivity contribution is -0.121. The maximum atomic E-state index is 11.9. The third-order valence-corrected chi connectivity index (χ3v) is 4.99. The predicted molar refractivity (Wildman–Crippen MR) is 81.6 cm³/mol. The Morgan fingerprint density at radius 2 is 1.95 bits per heavy atom. The maximum Gasteiger partial charge on any atom is 0.220 e. The van der Waals surface area contributed by atoms with E-state index in [1.165, 1.54) is 25.7 Å². The highest BCUT2D eigenvalue weighted by molar-refractivity contribution is 5.85. The van der Waals surface area contributed by atoms with Gasteiger partial charge >= 0.3 is 0 Å². The molecule has 2 fully saturated rings. The predicted octanol–water partition coefficient (Wildman–Crippen LogP) is 2.74. The summed E-state index contributed by atoms with van der Waals surface area (Å²) in [5.74, 6) is 1.72. The molecule has 1 heterocycles. The summed E-state index contributed by atoms with van der Waals surface area (Å²) in [5, 5.41) is 6.52. The van der Waals surface area contributed by atoms with Gasteiger partial charge in [-0.15, -0.1) is 12.4 Å². The molecule has 0 unspecified atom stereocenters. The summed E-state index contributed by atoms with van der Waals surface area (Å²) < 4.78 is 0. The van der Waals surface area contributed by atoms with Crippen LogP contribution >= 0.6 is 12.4 Å². The lowest BCUT2D eigenvalue weighted by Gasteiger charge is -2.23. The van der Waals surface area contributed by atoms with E-state index in [9.17, 15) is 4.79 Å². The molecule has 0 bridgehead atoms. The maximum absolute atomic E-state index is 11.9. The van der Waals surface area contributed by atoms with E-state index in [0.29, 0.717) is 11.3 Å². The number of carbonyl (C=O) groups is 1. The number of halogens is 1. The van der Waals surface area contributed by atoms with Crippen molar-refractivity contribution >= 4 is 18.3 Å². The van der Waals surface area contributed by atoms with Gasteiger partial charge in [0.15, 0.2) is 0 Å². The van der Waals surface area contributed by atoms with Crippen LogP contribution in [0.5, 0.6) is 0 Å². The van der Waals surface area contributed by atoms with Gasteiger partial charge in [-0.25, -0.2) is 0 Å². The van der Waals surface area contributed by atoms with Gasteiger partial charge in [0.25, 0.3) is 0 Å². The molecule has 1 aliphatic heterocycles. The summed E-state index contributed by atoms with van der Waals surface area (Å²) in [4.78, 5) is 11.9. The Hall–Kier alpha value is -0.280. The molecule has 2 rings (SSSR count). The van der Waals surface area contributed by atoms with Gasteiger partial charge in [-0.2, -0.15) is 0 Å². The van der Waals surface area contributed by atoms with Gasteiger partial charge in [0, 0.05) is 13.0 Å². The van der Waals surface area contributed by atoms with Crippen molar-refractivity contribution < 1.29 is 4.79 Å². The van der Waals surface area contributed by atoms with Gasteiger partial charge in [-0.05, 0) is 62.4 Å². The zero-order valence-electron chi connectivity index (χ0n) is 12.3. The van der Waals surface area contributed by atoms with Gasteiger partial charge < -0.3 is 10.6 Å². The molecule has 1 aliphatic carbocycles. The van der Waals surface area contributed by atoms with E-state index in [0.717, 1.165) is 38.4 Å². The van der Waals surface area contributed by atoms with Crippen LogP contribution in [0.2, 0.25) is 0 Å². The molecule has 4 heteroatoms. The van der Waals surface area contributed by atoms with Gasteiger partial charge in [0.05, 0.1) is 0 Å². The number of nitrogens with one attached hydrogen (secondary N) is 2. The first-order valence-electron chi connectivity index (χ1n) is 7.60. The fraction of sp³-hybridized carbons (Fsp3) is 0.933. The standard InChI is InChI=1S/C15H28N2O.ClH/c1-12(2)15(7-8-15)11-17-14(18)4-3-13-5-9-16-10-6-13;/h12-13,16H,3-11H2,1-2H3,(H,17,18);1H. The van der Waals surface area contributed by atoms with E-state index in [1.807, 2.05) is 0 Å². The van der Waals surface area contributed by atoms with Crippen LogP contribution in [0.15, 0.2) is 0 Å². The summed E-state index contributed by atoms with van der Waals surface area (Å²) in [5.41, 5.74) is 0.435. The summed E-state index contributed by atoms with van der Waals surface area (Å²) in [6.07, 6.45) is 6.85. The number of rotatable bonds is 6. The smallest absolute Gasteiger partial charge is 0.220 e. The van der Waals surface area contributed by atoms with Crippen LogP contribution in [0.25, 0.3) is 0 Å². The van der Waals surface area contributed by atoms with Gasteiger partial charge in [-0.3, -0.25) is 4.79 Å². The van der Waals surface area contributed by atoms with Crippen LogP contribution in [0.1, 0.15) is 52.4 Å². The fourth-order valence-corrected chi connectivity index (χ4v) is 2.99. The minimum Gasteiger partial charge on any atom is -0.356 e. The van der Waals surface area contributed by atoms with Crippen molar-refractivity contribution in [2.75, 3.05) is 19.6 Å². The second kappa shape index (κ2) is 7.49. The molecule has 1 amide bonds. The van der Waals surface area contributed by atoms with Crippen LogP contribution < -0.4 is 10.6 Å². The Morgan fingerprint density at radius 3 is 2.47 bits per heavy atom. The van der Waals surface area contributed by atoms with Crippen molar-refractivity contribution in [1.82, 2.24) is 10.6 Å². The summed E-state index contributed by atoms with van der Waals surface area (Å²) >= 11 is 0. The minimum absolute atomic E-state index is 0. The van der Waals surface area contributed by atoms with Crippen molar-refractivity contribution in [1.29, 1.82) is 0 Å². The quantitative estimate of drug-likeness (QED) is 0.789.